The minimum absolute atomic E-state index is 0.0264. The second-order valence-corrected chi connectivity index (χ2v) is 15.2. The van der Waals surface area contributed by atoms with E-state index in [2.05, 4.69) is 38.3 Å². The largest absolute Gasteiger partial charge is 0.462 e. The summed E-state index contributed by atoms with van der Waals surface area (Å²) in [5.74, 6) is 5.18. The van der Waals surface area contributed by atoms with Crippen molar-refractivity contribution in [3.05, 3.63) is 48.1 Å². The monoisotopic (exact) mass is 640 g/mol. The third-order valence-electron chi connectivity index (χ3n) is 12.0. The number of allylic oxidation sites excluding steroid dienone is 4. The Hall–Kier alpha value is -1.73. The van der Waals surface area contributed by atoms with Crippen LogP contribution in [0.2, 0.25) is 0 Å². The van der Waals surface area contributed by atoms with Crippen LogP contribution in [0.1, 0.15) is 116 Å². The van der Waals surface area contributed by atoms with Crippen molar-refractivity contribution < 1.29 is 29.6 Å². The first kappa shape index (κ1) is 37.1. The number of unbranched alkanes of at least 4 members (excludes halogenated alkanes) is 2. The molecule has 4 rings (SSSR count). The Kier molecular flexibility index (Phi) is 15.6. The molecule has 3 N–H and O–H groups in total. The van der Waals surface area contributed by atoms with Gasteiger partial charge in [0.2, 0.25) is 0 Å². The third-order valence-corrected chi connectivity index (χ3v) is 12.0. The van der Waals surface area contributed by atoms with Crippen LogP contribution in [-0.4, -0.2) is 54.0 Å². The Bertz CT molecular complexity index is 1010. The zero-order valence-corrected chi connectivity index (χ0v) is 28.8. The van der Waals surface area contributed by atoms with E-state index in [1.807, 2.05) is 0 Å². The Labute approximate surface area is 279 Å². The fourth-order valence-corrected chi connectivity index (χ4v) is 8.95. The average molecular weight is 641 g/mol. The Morgan fingerprint density at radius 2 is 1.52 bits per heavy atom. The lowest BCUT2D eigenvalue weighted by molar-refractivity contribution is -0.143. The van der Waals surface area contributed by atoms with Crippen molar-refractivity contribution in [2.45, 2.75) is 122 Å². The van der Waals surface area contributed by atoms with Gasteiger partial charge in [0.05, 0.1) is 32.0 Å². The predicted octanol–water partition coefficient (Wildman–Crippen LogP) is 8.08. The number of fused-ring (bicyclic) bond motifs is 1. The van der Waals surface area contributed by atoms with Gasteiger partial charge in [-0.05, 0) is 125 Å². The first-order valence-corrected chi connectivity index (χ1v) is 18.7. The molecule has 3 saturated carbocycles. The average Bonchev–Trinajstić information content (AvgIpc) is 3.10. The van der Waals surface area contributed by atoms with Gasteiger partial charge >= 0.3 is 5.97 Å². The maximum atomic E-state index is 12.1. The first-order valence-electron chi connectivity index (χ1n) is 18.7. The summed E-state index contributed by atoms with van der Waals surface area (Å²) in [4.78, 5) is 12.1. The van der Waals surface area contributed by atoms with Crippen molar-refractivity contribution >= 4 is 5.97 Å². The third kappa shape index (κ3) is 11.2. The van der Waals surface area contributed by atoms with Crippen LogP contribution in [0.25, 0.3) is 0 Å². The van der Waals surface area contributed by atoms with Crippen molar-refractivity contribution in [3.8, 4) is 0 Å². The smallest absolute Gasteiger partial charge is 0.335 e. The molecule has 0 aromatic carbocycles. The molecule has 0 heterocycles. The molecular weight excluding hydrogens is 576 g/mol. The highest BCUT2D eigenvalue weighted by Crippen LogP contribution is 2.48. The van der Waals surface area contributed by atoms with Gasteiger partial charge in [-0.25, -0.2) is 4.79 Å². The van der Waals surface area contributed by atoms with Gasteiger partial charge in [0.1, 0.15) is 0 Å². The molecular formula is C40H64O6. The lowest BCUT2D eigenvalue weighted by atomic mass is 9.62. The van der Waals surface area contributed by atoms with Crippen molar-refractivity contribution in [1.29, 1.82) is 0 Å². The van der Waals surface area contributed by atoms with Crippen LogP contribution in [0.4, 0.5) is 0 Å². The maximum absolute atomic E-state index is 12.1. The van der Waals surface area contributed by atoms with Gasteiger partial charge in [-0.2, -0.15) is 0 Å². The van der Waals surface area contributed by atoms with Gasteiger partial charge in [0.25, 0.3) is 0 Å². The highest BCUT2D eigenvalue weighted by atomic mass is 16.6. The van der Waals surface area contributed by atoms with Crippen LogP contribution in [0.15, 0.2) is 48.1 Å². The number of hydrogen-bond donors (Lipinski definition) is 3. The van der Waals surface area contributed by atoms with Gasteiger partial charge in [0, 0.05) is 11.5 Å². The molecule has 4 aliphatic rings. The summed E-state index contributed by atoms with van der Waals surface area (Å²) in [5.41, 5.74) is 1.83. The summed E-state index contributed by atoms with van der Waals surface area (Å²) >= 11 is 0. The molecule has 5 atom stereocenters. The summed E-state index contributed by atoms with van der Waals surface area (Å²) in [6, 6.07) is 0. The summed E-state index contributed by atoms with van der Waals surface area (Å²) in [6.07, 6.45) is 28.7. The highest BCUT2D eigenvalue weighted by molar-refractivity contribution is 5.87. The summed E-state index contributed by atoms with van der Waals surface area (Å²) in [7, 11) is 0. The minimum Gasteiger partial charge on any atom is -0.462 e. The molecule has 3 fully saturated rings. The number of ether oxygens (including phenoxy) is 2. The van der Waals surface area contributed by atoms with E-state index in [0.29, 0.717) is 5.92 Å². The van der Waals surface area contributed by atoms with E-state index in [1.54, 1.807) is 5.57 Å². The standard InChI is InChI=1S/C40H64O6/c1-4-5-6-7-31-12-15-38-23-37(21-20-36(38)22-31)35-18-16-34(17-19-35)33-13-10-30(11-14-33)8-9-32(26-45-39(43)28(2)24-41)27-46-40(44)29(3)25-42/h12,15,22,30,32-39,41-43H,2-11,13-14,16-21,23-27H2,1H3. The van der Waals surface area contributed by atoms with Gasteiger partial charge in [-0.1, -0.05) is 69.6 Å². The lowest BCUT2D eigenvalue weighted by Crippen LogP contribution is -2.32. The van der Waals surface area contributed by atoms with E-state index >= 15 is 0 Å². The summed E-state index contributed by atoms with van der Waals surface area (Å²) < 4.78 is 10.9. The summed E-state index contributed by atoms with van der Waals surface area (Å²) in [5, 5.41) is 28.5. The lowest BCUT2D eigenvalue weighted by Gasteiger charge is -2.43. The number of rotatable bonds is 18. The van der Waals surface area contributed by atoms with E-state index in [1.165, 1.54) is 96.3 Å². The van der Waals surface area contributed by atoms with E-state index < -0.39 is 18.9 Å². The number of aliphatic hydroxyl groups is 3. The molecule has 0 radical (unpaired) electrons. The Morgan fingerprint density at radius 3 is 2.17 bits per heavy atom. The fraction of sp³-hybridized carbons (Fsp3) is 0.775. The molecule has 6 heteroatoms. The molecule has 0 bridgehead atoms. The van der Waals surface area contributed by atoms with Crippen LogP contribution >= 0.6 is 0 Å². The van der Waals surface area contributed by atoms with Crippen molar-refractivity contribution in [3.63, 3.8) is 0 Å². The molecule has 0 aromatic heterocycles. The highest BCUT2D eigenvalue weighted by Gasteiger charge is 2.37. The molecule has 0 aliphatic heterocycles. The van der Waals surface area contributed by atoms with Crippen LogP contribution < -0.4 is 0 Å². The van der Waals surface area contributed by atoms with Gasteiger partial charge in [-0.15, -0.1) is 0 Å². The predicted molar refractivity (Wildman–Crippen MR) is 185 cm³/mol. The van der Waals surface area contributed by atoms with E-state index in [0.717, 1.165) is 48.3 Å². The Balaban J connectivity index is 1.15. The van der Waals surface area contributed by atoms with Crippen molar-refractivity contribution in [2.75, 3.05) is 26.4 Å². The normalized spacial score (nSPS) is 31.0. The molecule has 0 saturated heterocycles. The molecule has 0 spiro atoms. The number of aliphatic hydroxyl groups excluding tert-OH is 3. The fourth-order valence-electron chi connectivity index (χ4n) is 8.95. The molecule has 46 heavy (non-hydrogen) atoms. The van der Waals surface area contributed by atoms with Crippen LogP contribution in [-0.2, 0) is 14.3 Å². The molecule has 0 amide bonds. The number of carbonyl (C=O) groups is 1. The molecule has 6 nitrogen and oxygen atoms in total. The Morgan fingerprint density at radius 1 is 0.870 bits per heavy atom. The SMILES string of the molecule is C=C(CO)C(=O)OCC(CCC1CCC(C2CCC(C3CCC4C=C(CCCCC)C=CC4C3)CC2)CC1)COC(O)C(=C)CO. The topological polar surface area (TPSA) is 96.2 Å². The zero-order chi connectivity index (χ0) is 32.9. The molecule has 260 valence electrons. The van der Waals surface area contributed by atoms with E-state index in [9.17, 15) is 20.1 Å². The summed E-state index contributed by atoms with van der Waals surface area (Å²) in [6.45, 7) is 9.02. The second-order valence-electron chi connectivity index (χ2n) is 15.2. The molecule has 4 aliphatic carbocycles. The molecule has 0 aromatic rings. The van der Waals surface area contributed by atoms with Crippen molar-refractivity contribution in [1.82, 2.24) is 0 Å². The maximum Gasteiger partial charge on any atom is 0.335 e. The van der Waals surface area contributed by atoms with E-state index in [-0.39, 0.29) is 36.9 Å². The molecule has 5 unspecified atom stereocenters. The quantitative estimate of drug-likeness (QED) is 0.0461. The van der Waals surface area contributed by atoms with Crippen LogP contribution in [0, 0.1) is 47.3 Å². The van der Waals surface area contributed by atoms with Crippen LogP contribution in [0.5, 0.6) is 0 Å². The van der Waals surface area contributed by atoms with Crippen molar-refractivity contribution in [2.24, 2.45) is 47.3 Å². The number of hydrogen-bond acceptors (Lipinski definition) is 6. The minimum atomic E-state index is -1.24. The number of carbonyl (C=O) groups excluding carboxylic acids is 1. The first-order chi connectivity index (χ1) is 22.3. The zero-order valence-electron chi connectivity index (χ0n) is 28.8. The second kappa shape index (κ2) is 19.3. The van der Waals surface area contributed by atoms with Gasteiger partial charge in [-0.3, -0.25) is 0 Å². The van der Waals surface area contributed by atoms with E-state index in [4.69, 9.17) is 9.47 Å². The number of esters is 1. The van der Waals surface area contributed by atoms with Gasteiger partial charge in [0.15, 0.2) is 6.29 Å². The van der Waals surface area contributed by atoms with Gasteiger partial charge < -0.3 is 24.8 Å². The van der Waals surface area contributed by atoms with Crippen LogP contribution in [0.3, 0.4) is 0 Å².